The number of hydrogen-bond donors (Lipinski definition) is 1. The number of aliphatic hydroxyl groups is 1. The molecule has 0 bridgehead atoms. The van der Waals surface area contributed by atoms with Crippen molar-refractivity contribution in [3.05, 3.63) is 35.4 Å². The van der Waals surface area contributed by atoms with Crippen molar-refractivity contribution < 1.29 is 18.7 Å². The van der Waals surface area contributed by atoms with Gasteiger partial charge in [0.25, 0.3) is 0 Å². The number of rotatable bonds is 4. The lowest BCUT2D eigenvalue weighted by Crippen LogP contribution is -2.42. The van der Waals surface area contributed by atoms with Crippen LogP contribution in [0.25, 0.3) is 0 Å². The van der Waals surface area contributed by atoms with Crippen molar-refractivity contribution in [2.24, 2.45) is 0 Å². The van der Waals surface area contributed by atoms with Crippen LogP contribution in [0.2, 0.25) is 0 Å². The minimum absolute atomic E-state index is 0.00779. The summed E-state index contributed by atoms with van der Waals surface area (Å²) in [6, 6.07) is 3.42. The smallest absolute Gasteiger partial charge is 0.227 e. The van der Waals surface area contributed by atoms with E-state index in [0.29, 0.717) is 25.1 Å². The second-order valence-electron chi connectivity index (χ2n) is 5.78. The van der Waals surface area contributed by atoms with E-state index in [0.717, 1.165) is 12.1 Å². The summed E-state index contributed by atoms with van der Waals surface area (Å²) >= 11 is 0. The Morgan fingerprint density at radius 2 is 2.10 bits per heavy atom. The van der Waals surface area contributed by atoms with Crippen molar-refractivity contribution in [1.82, 2.24) is 9.80 Å². The maximum Gasteiger partial charge on any atom is 0.227 e. The van der Waals surface area contributed by atoms with Crippen molar-refractivity contribution in [1.29, 1.82) is 0 Å². The molecular formula is C15H20F2N2O2. The maximum absolute atomic E-state index is 13.2. The quantitative estimate of drug-likeness (QED) is 0.903. The molecule has 0 saturated carbocycles. The van der Waals surface area contributed by atoms with Crippen molar-refractivity contribution in [2.75, 3.05) is 27.2 Å². The summed E-state index contributed by atoms with van der Waals surface area (Å²) in [5.41, 5.74) is 0.434. The minimum Gasteiger partial charge on any atom is -0.391 e. The number of aliphatic hydroxyl groups excluding tert-OH is 1. The molecule has 1 aliphatic heterocycles. The zero-order valence-electron chi connectivity index (χ0n) is 12.2. The Bertz CT molecular complexity index is 522. The normalized spacial score (nSPS) is 22.1. The minimum atomic E-state index is -0.952. The summed E-state index contributed by atoms with van der Waals surface area (Å²) < 4.78 is 26.1. The van der Waals surface area contributed by atoms with Crippen molar-refractivity contribution in [3.8, 4) is 0 Å². The van der Waals surface area contributed by atoms with Gasteiger partial charge in [-0.25, -0.2) is 8.78 Å². The fraction of sp³-hybridized carbons (Fsp3) is 0.533. The van der Waals surface area contributed by atoms with Gasteiger partial charge in [0.1, 0.15) is 0 Å². The molecule has 21 heavy (non-hydrogen) atoms. The van der Waals surface area contributed by atoms with Gasteiger partial charge >= 0.3 is 0 Å². The van der Waals surface area contributed by atoms with Gasteiger partial charge in [-0.15, -0.1) is 0 Å². The molecule has 0 aromatic heterocycles. The van der Waals surface area contributed by atoms with Gasteiger partial charge in [0.2, 0.25) is 5.91 Å². The Hall–Kier alpha value is -1.53. The van der Waals surface area contributed by atoms with Gasteiger partial charge < -0.3 is 14.9 Å². The molecule has 1 aromatic rings. The SMILES string of the molecule is CN(C)CC1CC(O)CN1C(=O)Cc1ccc(F)c(F)c1. The van der Waals surface area contributed by atoms with Crippen LogP contribution in [0.3, 0.4) is 0 Å². The first-order chi connectivity index (χ1) is 9.86. The standard InChI is InChI=1S/C15H20F2N2O2/c1-18(2)8-11-7-12(20)9-19(11)15(21)6-10-3-4-13(16)14(17)5-10/h3-5,11-12,20H,6-9H2,1-2H3. The monoisotopic (exact) mass is 298 g/mol. The third kappa shape index (κ3) is 3.98. The molecule has 2 unspecified atom stereocenters. The average Bonchev–Trinajstić information content (AvgIpc) is 2.74. The van der Waals surface area contributed by atoms with Gasteiger partial charge in [0.15, 0.2) is 11.6 Å². The lowest BCUT2D eigenvalue weighted by atomic mass is 10.1. The van der Waals surface area contributed by atoms with Gasteiger partial charge in [-0.1, -0.05) is 6.07 Å². The fourth-order valence-corrected chi connectivity index (χ4v) is 2.72. The first kappa shape index (κ1) is 15.9. The third-order valence-corrected chi connectivity index (χ3v) is 3.63. The molecule has 1 aromatic carbocycles. The van der Waals surface area contributed by atoms with Crippen molar-refractivity contribution in [3.63, 3.8) is 0 Å². The van der Waals surface area contributed by atoms with Crippen LogP contribution in [-0.2, 0) is 11.2 Å². The molecule has 1 fully saturated rings. The Labute approximate surface area is 123 Å². The molecule has 1 amide bonds. The van der Waals surface area contributed by atoms with E-state index in [9.17, 15) is 18.7 Å². The molecule has 0 spiro atoms. The number of amides is 1. The Kier molecular flexibility index (Phi) is 4.90. The topological polar surface area (TPSA) is 43.8 Å². The molecule has 2 rings (SSSR count). The molecule has 2 atom stereocenters. The van der Waals surface area contributed by atoms with Crippen LogP contribution in [0.4, 0.5) is 8.78 Å². The second kappa shape index (κ2) is 6.49. The first-order valence-corrected chi connectivity index (χ1v) is 6.93. The molecule has 6 heteroatoms. The van der Waals surface area contributed by atoms with E-state index < -0.39 is 17.7 Å². The number of benzene rings is 1. The predicted molar refractivity (Wildman–Crippen MR) is 74.7 cm³/mol. The molecular weight excluding hydrogens is 278 g/mol. The first-order valence-electron chi connectivity index (χ1n) is 6.93. The van der Waals surface area contributed by atoms with Crippen molar-refractivity contribution >= 4 is 5.91 Å². The number of hydrogen-bond acceptors (Lipinski definition) is 3. The maximum atomic E-state index is 13.2. The molecule has 1 heterocycles. The lowest BCUT2D eigenvalue weighted by molar-refractivity contribution is -0.131. The number of carbonyl (C=O) groups is 1. The summed E-state index contributed by atoms with van der Waals surface area (Å²) in [4.78, 5) is 15.9. The highest BCUT2D eigenvalue weighted by Crippen LogP contribution is 2.20. The lowest BCUT2D eigenvalue weighted by Gasteiger charge is -2.27. The van der Waals surface area contributed by atoms with Crippen LogP contribution in [0, 0.1) is 11.6 Å². The van der Waals surface area contributed by atoms with Crippen LogP contribution in [0.1, 0.15) is 12.0 Å². The van der Waals surface area contributed by atoms with Gasteiger partial charge in [0.05, 0.1) is 12.5 Å². The molecule has 1 saturated heterocycles. The van der Waals surface area contributed by atoms with E-state index >= 15 is 0 Å². The van der Waals surface area contributed by atoms with Crippen LogP contribution in [-0.4, -0.2) is 60.1 Å². The molecule has 0 aliphatic carbocycles. The zero-order valence-corrected chi connectivity index (χ0v) is 12.2. The molecule has 1 N–H and O–H groups in total. The molecule has 116 valence electrons. The molecule has 1 aliphatic rings. The number of halogens is 2. The molecule has 4 nitrogen and oxygen atoms in total. The number of nitrogens with zero attached hydrogens (tertiary/aromatic N) is 2. The van der Waals surface area contributed by atoms with E-state index in [1.165, 1.54) is 6.07 Å². The summed E-state index contributed by atoms with van der Waals surface area (Å²) in [7, 11) is 3.81. The van der Waals surface area contributed by atoms with E-state index in [1.54, 1.807) is 4.90 Å². The Morgan fingerprint density at radius 3 is 2.71 bits per heavy atom. The van der Waals surface area contributed by atoms with Gasteiger partial charge in [-0.3, -0.25) is 4.79 Å². The Balaban J connectivity index is 2.05. The average molecular weight is 298 g/mol. The number of carbonyl (C=O) groups excluding carboxylic acids is 1. The highest BCUT2D eigenvalue weighted by Gasteiger charge is 2.34. The predicted octanol–water partition coefficient (Wildman–Crippen LogP) is 1.03. The zero-order chi connectivity index (χ0) is 15.6. The number of β-amino-alcohol motifs (C(OH)–C–C–N with tert-alkyl or cyclic N) is 1. The highest BCUT2D eigenvalue weighted by molar-refractivity contribution is 5.79. The Morgan fingerprint density at radius 1 is 1.38 bits per heavy atom. The van der Waals surface area contributed by atoms with Crippen LogP contribution < -0.4 is 0 Å². The van der Waals surface area contributed by atoms with Crippen LogP contribution in [0.5, 0.6) is 0 Å². The number of likely N-dealkylation sites (N-methyl/N-ethyl adjacent to an activating group) is 1. The van der Waals surface area contributed by atoms with Crippen LogP contribution >= 0.6 is 0 Å². The number of likely N-dealkylation sites (tertiary alicyclic amines) is 1. The van der Waals surface area contributed by atoms with E-state index in [-0.39, 0.29) is 18.4 Å². The van der Waals surface area contributed by atoms with E-state index in [1.807, 2.05) is 19.0 Å². The summed E-state index contributed by atoms with van der Waals surface area (Å²) in [5.74, 6) is -2.05. The van der Waals surface area contributed by atoms with Gasteiger partial charge in [-0.2, -0.15) is 0 Å². The second-order valence-corrected chi connectivity index (χ2v) is 5.78. The summed E-state index contributed by atoms with van der Waals surface area (Å²) in [5, 5.41) is 9.76. The summed E-state index contributed by atoms with van der Waals surface area (Å²) in [6.07, 6.45) is 0.0269. The highest BCUT2D eigenvalue weighted by atomic mass is 19.2. The fourth-order valence-electron chi connectivity index (χ4n) is 2.72. The molecule has 0 radical (unpaired) electrons. The van der Waals surface area contributed by atoms with Gasteiger partial charge in [-0.05, 0) is 38.2 Å². The van der Waals surface area contributed by atoms with E-state index in [4.69, 9.17) is 0 Å². The van der Waals surface area contributed by atoms with Crippen molar-refractivity contribution in [2.45, 2.75) is 25.0 Å². The third-order valence-electron chi connectivity index (χ3n) is 3.63. The van der Waals surface area contributed by atoms with E-state index in [2.05, 4.69) is 0 Å². The van der Waals surface area contributed by atoms with Gasteiger partial charge in [0, 0.05) is 19.1 Å². The summed E-state index contributed by atoms with van der Waals surface area (Å²) in [6.45, 7) is 0.960. The van der Waals surface area contributed by atoms with Crippen LogP contribution in [0.15, 0.2) is 18.2 Å². The largest absolute Gasteiger partial charge is 0.391 e.